The monoisotopic (exact) mass is 411 g/mol. The molecule has 0 N–H and O–H groups in total. The van der Waals surface area contributed by atoms with E-state index in [4.69, 9.17) is 16.3 Å². The summed E-state index contributed by atoms with van der Waals surface area (Å²) >= 11 is 6.33. The van der Waals surface area contributed by atoms with E-state index in [9.17, 15) is 4.79 Å². The lowest BCUT2D eigenvalue weighted by atomic mass is 10.0. The summed E-state index contributed by atoms with van der Waals surface area (Å²) in [5, 5.41) is 4.76. The molecule has 0 aliphatic rings. The number of benzene rings is 2. The molecule has 0 saturated carbocycles. The van der Waals surface area contributed by atoms with Crippen molar-refractivity contribution < 1.29 is 9.53 Å². The van der Waals surface area contributed by atoms with Crippen molar-refractivity contribution in [2.24, 2.45) is 0 Å². The van der Waals surface area contributed by atoms with E-state index in [-0.39, 0.29) is 11.9 Å². The lowest BCUT2D eigenvalue weighted by Gasteiger charge is -2.07. The van der Waals surface area contributed by atoms with E-state index in [0.717, 1.165) is 6.42 Å². The van der Waals surface area contributed by atoms with E-state index in [1.165, 1.54) is 35.9 Å². The molecule has 0 saturated heterocycles. The molecule has 0 spiro atoms. The van der Waals surface area contributed by atoms with E-state index < -0.39 is 0 Å². The first-order valence-electron chi connectivity index (χ1n) is 10.1. The molecule has 0 unspecified atom stereocenters. The average molecular weight is 412 g/mol. The Hall–Kier alpha value is -2.66. The number of aryl methyl sites for hydroxylation is 1. The molecule has 1 heterocycles. The van der Waals surface area contributed by atoms with Gasteiger partial charge in [0.2, 0.25) is 0 Å². The molecule has 0 aliphatic carbocycles. The zero-order valence-electron chi connectivity index (χ0n) is 16.9. The third-order valence-corrected chi connectivity index (χ3v) is 5.02. The largest absolute Gasteiger partial charge is 0.463 e. The zero-order valence-corrected chi connectivity index (χ0v) is 17.7. The Morgan fingerprint density at radius 2 is 1.79 bits per heavy atom. The van der Waals surface area contributed by atoms with Gasteiger partial charge >= 0.3 is 6.01 Å². The molecule has 1 aromatic heterocycles. The van der Waals surface area contributed by atoms with Crippen molar-refractivity contribution in [2.45, 2.75) is 46.0 Å². The second-order valence-electron chi connectivity index (χ2n) is 6.86. The molecule has 0 bridgehead atoms. The van der Waals surface area contributed by atoms with Crippen LogP contribution in [0.25, 0.3) is 11.4 Å². The highest BCUT2D eigenvalue weighted by atomic mass is 35.5. The molecular weight excluding hydrogens is 386 g/mol. The molecule has 0 aliphatic heterocycles. The van der Waals surface area contributed by atoms with Crippen LogP contribution in [0.3, 0.4) is 0 Å². The number of ether oxygens (including phenoxy) is 1. The number of unbranched alkanes of at least 4 members (excludes halogenated alkanes) is 3. The van der Waals surface area contributed by atoms with Gasteiger partial charge in [-0.15, -0.1) is 5.10 Å². The standard InChI is InChI=1S/C23H26ClN3O2/c1-3-5-6-7-10-17-13-15-18(16-14-17)22(28)27-21(25-23(26-27)29-4-2)19-11-8-9-12-20(19)24/h8-9,11-16H,3-7,10H2,1-2H3. The Balaban J connectivity index is 1.85. The van der Waals surface area contributed by atoms with Crippen molar-refractivity contribution in [3.05, 3.63) is 64.7 Å². The van der Waals surface area contributed by atoms with Gasteiger partial charge in [0.1, 0.15) is 0 Å². The van der Waals surface area contributed by atoms with Gasteiger partial charge in [0.15, 0.2) is 5.82 Å². The van der Waals surface area contributed by atoms with Gasteiger partial charge in [-0.25, -0.2) is 0 Å². The molecular formula is C23H26ClN3O2. The van der Waals surface area contributed by atoms with Crippen molar-refractivity contribution in [3.8, 4) is 17.4 Å². The maximum absolute atomic E-state index is 13.1. The van der Waals surface area contributed by atoms with Gasteiger partial charge in [-0.2, -0.15) is 9.67 Å². The summed E-state index contributed by atoms with van der Waals surface area (Å²) in [6.07, 6.45) is 5.91. The molecule has 0 amide bonds. The van der Waals surface area contributed by atoms with E-state index in [1.54, 1.807) is 6.07 Å². The zero-order chi connectivity index (χ0) is 20.6. The molecule has 29 heavy (non-hydrogen) atoms. The first-order chi connectivity index (χ1) is 14.1. The van der Waals surface area contributed by atoms with Crippen LogP contribution in [-0.4, -0.2) is 27.3 Å². The van der Waals surface area contributed by atoms with Crippen LogP contribution in [0.15, 0.2) is 48.5 Å². The van der Waals surface area contributed by atoms with Gasteiger partial charge < -0.3 is 4.74 Å². The molecule has 3 rings (SSSR count). The molecule has 2 aromatic carbocycles. The molecule has 0 atom stereocenters. The maximum atomic E-state index is 13.1. The van der Waals surface area contributed by atoms with Gasteiger partial charge in [0.05, 0.1) is 11.6 Å². The lowest BCUT2D eigenvalue weighted by Crippen LogP contribution is -2.15. The fraction of sp³-hybridized carbons (Fsp3) is 0.348. The van der Waals surface area contributed by atoms with Crippen molar-refractivity contribution in [1.29, 1.82) is 0 Å². The van der Waals surface area contributed by atoms with E-state index in [1.807, 2.05) is 49.4 Å². The minimum atomic E-state index is -0.268. The topological polar surface area (TPSA) is 57.0 Å². The summed E-state index contributed by atoms with van der Waals surface area (Å²) < 4.78 is 6.69. The highest BCUT2D eigenvalue weighted by Crippen LogP contribution is 2.28. The Morgan fingerprint density at radius 1 is 1.03 bits per heavy atom. The van der Waals surface area contributed by atoms with Gasteiger partial charge in [-0.1, -0.05) is 62.1 Å². The van der Waals surface area contributed by atoms with E-state index in [0.29, 0.717) is 28.6 Å². The van der Waals surface area contributed by atoms with Gasteiger partial charge in [-0.3, -0.25) is 4.79 Å². The SMILES string of the molecule is CCCCCCc1ccc(C(=O)n2nc(OCC)nc2-c2ccccc2Cl)cc1. The number of nitrogens with zero attached hydrogens (tertiary/aromatic N) is 3. The number of rotatable bonds is 9. The quantitative estimate of drug-likeness (QED) is 0.417. The van der Waals surface area contributed by atoms with E-state index in [2.05, 4.69) is 17.0 Å². The summed E-state index contributed by atoms with van der Waals surface area (Å²) in [6, 6.07) is 15.1. The lowest BCUT2D eigenvalue weighted by molar-refractivity contribution is 0.0945. The van der Waals surface area contributed by atoms with Gasteiger partial charge in [-0.05, 0) is 49.6 Å². The van der Waals surface area contributed by atoms with Crippen LogP contribution in [0, 0.1) is 0 Å². The van der Waals surface area contributed by atoms with Crippen LogP contribution in [0.5, 0.6) is 6.01 Å². The highest BCUT2D eigenvalue weighted by Gasteiger charge is 2.21. The first-order valence-corrected chi connectivity index (χ1v) is 10.5. The van der Waals surface area contributed by atoms with Crippen LogP contribution in [0.4, 0.5) is 0 Å². The van der Waals surface area contributed by atoms with Crippen molar-refractivity contribution >= 4 is 17.5 Å². The van der Waals surface area contributed by atoms with Gasteiger partial charge in [0.25, 0.3) is 5.91 Å². The van der Waals surface area contributed by atoms with Crippen molar-refractivity contribution in [1.82, 2.24) is 14.8 Å². The number of carbonyl (C=O) groups is 1. The Bertz CT molecular complexity index is 951. The average Bonchev–Trinajstić information content (AvgIpc) is 3.15. The van der Waals surface area contributed by atoms with Crippen LogP contribution in [0.1, 0.15) is 55.5 Å². The molecule has 3 aromatic rings. The van der Waals surface area contributed by atoms with Crippen LogP contribution >= 0.6 is 11.6 Å². The highest BCUT2D eigenvalue weighted by molar-refractivity contribution is 6.33. The van der Waals surface area contributed by atoms with Crippen LogP contribution < -0.4 is 4.74 Å². The van der Waals surface area contributed by atoms with Crippen molar-refractivity contribution in [2.75, 3.05) is 6.61 Å². The van der Waals surface area contributed by atoms with Gasteiger partial charge in [0, 0.05) is 11.1 Å². The number of hydrogen-bond acceptors (Lipinski definition) is 4. The molecule has 5 nitrogen and oxygen atoms in total. The Morgan fingerprint density at radius 3 is 2.48 bits per heavy atom. The Kier molecular flexibility index (Phi) is 7.42. The Labute approximate surface area is 176 Å². The summed E-state index contributed by atoms with van der Waals surface area (Å²) in [6.45, 7) is 4.46. The normalized spacial score (nSPS) is 10.9. The fourth-order valence-corrected chi connectivity index (χ4v) is 3.35. The van der Waals surface area contributed by atoms with E-state index >= 15 is 0 Å². The van der Waals surface area contributed by atoms with Crippen LogP contribution in [-0.2, 0) is 6.42 Å². The van der Waals surface area contributed by atoms with Crippen LogP contribution in [0.2, 0.25) is 5.02 Å². The molecule has 0 fully saturated rings. The fourth-order valence-electron chi connectivity index (χ4n) is 3.13. The molecule has 0 radical (unpaired) electrons. The second kappa shape index (κ2) is 10.2. The second-order valence-corrected chi connectivity index (χ2v) is 7.26. The number of hydrogen-bond donors (Lipinski definition) is 0. The molecule has 152 valence electrons. The number of halogens is 1. The maximum Gasteiger partial charge on any atom is 0.336 e. The summed E-state index contributed by atoms with van der Waals surface area (Å²) in [4.78, 5) is 17.5. The minimum absolute atomic E-state index is 0.156. The third kappa shape index (κ3) is 5.24. The summed E-state index contributed by atoms with van der Waals surface area (Å²) in [7, 11) is 0. The summed E-state index contributed by atoms with van der Waals surface area (Å²) in [5.74, 6) is 0.101. The predicted octanol–water partition coefficient (Wildman–Crippen LogP) is 5.81. The number of aromatic nitrogens is 3. The minimum Gasteiger partial charge on any atom is -0.463 e. The first kappa shape index (κ1) is 21.1. The van der Waals surface area contributed by atoms with Crippen molar-refractivity contribution in [3.63, 3.8) is 0 Å². The smallest absolute Gasteiger partial charge is 0.336 e. The summed E-state index contributed by atoms with van der Waals surface area (Å²) in [5.41, 5.74) is 2.41. The predicted molar refractivity (Wildman–Crippen MR) is 116 cm³/mol. The number of carbonyl (C=O) groups excluding carboxylic acids is 1. The third-order valence-electron chi connectivity index (χ3n) is 4.69. The molecule has 6 heteroatoms.